The number of hydrogen-bond acceptors (Lipinski definition) is 3. The molecule has 5 heteroatoms. The van der Waals surface area contributed by atoms with Crippen molar-refractivity contribution in [1.82, 2.24) is 10.3 Å². The van der Waals surface area contributed by atoms with E-state index in [1.807, 2.05) is 0 Å². The van der Waals surface area contributed by atoms with Crippen LogP contribution in [0.25, 0.3) is 0 Å². The molecule has 1 amide bonds. The first kappa shape index (κ1) is 11.6. The first-order valence-corrected chi connectivity index (χ1v) is 4.67. The summed E-state index contributed by atoms with van der Waals surface area (Å²) in [6.07, 6.45) is 0.459. The highest BCUT2D eigenvalue weighted by atomic mass is 19.1. The van der Waals surface area contributed by atoms with Crippen molar-refractivity contribution < 1.29 is 14.3 Å². The summed E-state index contributed by atoms with van der Waals surface area (Å²) in [7, 11) is 0. The number of halogens is 1. The molecule has 0 aliphatic rings. The molecule has 0 saturated carbocycles. The maximum absolute atomic E-state index is 12.7. The van der Waals surface area contributed by atoms with Gasteiger partial charge in [-0.2, -0.15) is 4.39 Å². The summed E-state index contributed by atoms with van der Waals surface area (Å²) in [6.45, 7) is 1.76. The zero-order chi connectivity index (χ0) is 11.3. The molecule has 0 bridgehead atoms. The Hall–Kier alpha value is -1.49. The van der Waals surface area contributed by atoms with Crippen molar-refractivity contribution in [2.45, 2.75) is 19.4 Å². The summed E-state index contributed by atoms with van der Waals surface area (Å²) < 4.78 is 12.7. The Labute approximate surface area is 87.1 Å². The molecular formula is C10H13FN2O2. The number of carbonyl (C=O) groups is 1. The Morgan fingerprint density at radius 1 is 1.67 bits per heavy atom. The van der Waals surface area contributed by atoms with E-state index in [9.17, 15) is 9.18 Å². The molecule has 1 atom stereocenters. The fraction of sp³-hybridized carbons (Fsp3) is 0.400. The monoisotopic (exact) mass is 212 g/mol. The SMILES string of the molecule is CC(CCO)NC(=O)c1cccc(F)n1. The molecule has 1 rings (SSSR count). The second-order valence-electron chi connectivity index (χ2n) is 3.23. The lowest BCUT2D eigenvalue weighted by atomic mass is 10.2. The number of rotatable bonds is 4. The van der Waals surface area contributed by atoms with Crippen molar-refractivity contribution in [2.75, 3.05) is 6.61 Å². The normalized spacial score (nSPS) is 12.2. The summed E-state index contributed by atoms with van der Waals surface area (Å²) in [5.74, 6) is -1.12. The molecule has 0 aromatic carbocycles. The molecule has 1 heterocycles. The zero-order valence-electron chi connectivity index (χ0n) is 8.40. The third kappa shape index (κ3) is 3.63. The lowest BCUT2D eigenvalue weighted by Gasteiger charge is -2.11. The quantitative estimate of drug-likeness (QED) is 0.723. The molecule has 0 spiro atoms. The van der Waals surface area contributed by atoms with Gasteiger partial charge >= 0.3 is 0 Å². The number of nitrogens with zero attached hydrogens (tertiary/aromatic N) is 1. The minimum Gasteiger partial charge on any atom is -0.396 e. The van der Waals surface area contributed by atoms with Crippen molar-refractivity contribution in [3.05, 3.63) is 29.8 Å². The van der Waals surface area contributed by atoms with Gasteiger partial charge < -0.3 is 10.4 Å². The van der Waals surface area contributed by atoms with Crippen molar-refractivity contribution in [3.63, 3.8) is 0 Å². The lowest BCUT2D eigenvalue weighted by molar-refractivity contribution is 0.0928. The van der Waals surface area contributed by atoms with Crippen molar-refractivity contribution in [1.29, 1.82) is 0 Å². The van der Waals surface area contributed by atoms with Crippen LogP contribution < -0.4 is 5.32 Å². The first-order valence-electron chi connectivity index (χ1n) is 4.67. The minimum absolute atomic E-state index is 0.00196. The average molecular weight is 212 g/mol. The van der Waals surface area contributed by atoms with E-state index >= 15 is 0 Å². The molecule has 0 aliphatic carbocycles. The number of nitrogens with one attached hydrogen (secondary N) is 1. The van der Waals surface area contributed by atoms with E-state index < -0.39 is 11.9 Å². The van der Waals surface area contributed by atoms with Crippen LogP contribution in [0.4, 0.5) is 4.39 Å². The molecule has 0 saturated heterocycles. The molecular weight excluding hydrogens is 199 g/mol. The van der Waals surface area contributed by atoms with Crippen LogP contribution in [0.3, 0.4) is 0 Å². The van der Waals surface area contributed by atoms with E-state index in [1.165, 1.54) is 18.2 Å². The molecule has 1 aromatic rings. The second kappa shape index (κ2) is 5.41. The van der Waals surface area contributed by atoms with Crippen molar-refractivity contribution in [2.24, 2.45) is 0 Å². The smallest absolute Gasteiger partial charge is 0.270 e. The number of carbonyl (C=O) groups excluding carboxylic acids is 1. The molecule has 1 aromatic heterocycles. The van der Waals surface area contributed by atoms with E-state index in [4.69, 9.17) is 5.11 Å². The van der Waals surface area contributed by atoms with Crippen LogP contribution in [0.2, 0.25) is 0 Å². The van der Waals surface area contributed by atoms with Gasteiger partial charge in [0.05, 0.1) is 0 Å². The van der Waals surface area contributed by atoms with Crippen LogP contribution in [0, 0.1) is 5.95 Å². The molecule has 4 nitrogen and oxygen atoms in total. The maximum atomic E-state index is 12.7. The Morgan fingerprint density at radius 2 is 2.40 bits per heavy atom. The van der Waals surface area contributed by atoms with Gasteiger partial charge in [-0.25, -0.2) is 4.98 Å². The van der Waals surface area contributed by atoms with Crippen LogP contribution in [0.15, 0.2) is 18.2 Å². The number of hydrogen-bond donors (Lipinski definition) is 2. The third-order valence-corrected chi connectivity index (χ3v) is 1.89. The highest BCUT2D eigenvalue weighted by Crippen LogP contribution is 1.99. The van der Waals surface area contributed by atoms with E-state index in [0.717, 1.165) is 0 Å². The van der Waals surface area contributed by atoms with E-state index in [2.05, 4.69) is 10.3 Å². The van der Waals surface area contributed by atoms with Crippen molar-refractivity contribution >= 4 is 5.91 Å². The predicted molar refractivity (Wildman–Crippen MR) is 52.8 cm³/mol. The number of amides is 1. The molecule has 82 valence electrons. The Kier molecular flexibility index (Phi) is 4.17. The Morgan fingerprint density at radius 3 is 3.00 bits per heavy atom. The predicted octanol–water partition coefficient (Wildman–Crippen LogP) is 0.721. The third-order valence-electron chi connectivity index (χ3n) is 1.89. The fourth-order valence-electron chi connectivity index (χ4n) is 1.10. The highest BCUT2D eigenvalue weighted by molar-refractivity contribution is 5.92. The van der Waals surface area contributed by atoms with Crippen LogP contribution in [0.1, 0.15) is 23.8 Å². The summed E-state index contributed by atoms with van der Waals surface area (Å²) in [5.41, 5.74) is 0.0415. The van der Waals surface area contributed by atoms with Gasteiger partial charge in [-0.1, -0.05) is 6.07 Å². The van der Waals surface area contributed by atoms with Gasteiger partial charge in [-0.05, 0) is 25.5 Å². The van der Waals surface area contributed by atoms with Crippen molar-refractivity contribution in [3.8, 4) is 0 Å². The molecule has 2 N–H and O–H groups in total. The van der Waals surface area contributed by atoms with Gasteiger partial charge in [0.25, 0.3) is 5.91 Å². The van der Waals surface area contributed by atoms with Gasteiger partial charge in [-0.3, -0.25) is 4.79 Å². The second-order valence-corrected chi connectivity index (χ2v) is 3.23. The van der Waals surface area contributed by atoms with Crippen LogP contribution >= 0.6 is 0 Å². The standard InChI is InChI=1S/C10H13FN2O2/c1-7(5-6-14)12-10(15)8-3-2-4-9(11)13-8/h2-4,7,14H,5-6H2,1H3,(H,12,15). The van der Waals surface area contributed by atoms with Crippen LogP contribution in [-0.4, -0.2) is 28.6 Å². The van der Waals surface area contributed by atoms with Crippen LogP contribution in [0.5, 0.6) is 0 Å². The minimum atomic E-state index is -0.683. The molecule has 1 unspecified atom stereocenters. The van der Waals surface area contributed by atoms with Gasteiger partial charge in [0.15, 0.2) is 0 Å². The maximum Gasteiger partial charge on any atom is 0.270 e. The average Bonchev–Trinajstić information content (AvgIpc) is 2.18. The zero-order valence-corrected chi connectivity index (χ0v) is 8.40. The molecule has 0 fully saturated rings. The number of pyridine rings is 1. The molecule has 0 aliphatic heterocycles. The number of aromatic nitrogens is 1. The van der Waals surface area contributed by atoms with Gasteiger partial charge in [0, 0.05) is 12.6 Å². The number of aliphatic hydroxyl groups excluding tert-OH is 1. The summed E-state index contributed by atoms with van der Waals surface area (Å²) >= 11 is 0. The first-order chi connectivity index (χ1) is 7.13. The van der Waals surface area contributed by atoms with Gasteiger partial charge in [-0.15, -0.1) is 0 Å². The lowest BCUT2D eigenvalue weighted by Crippen LogP contribution is -2.33. The van der Waals surface area contributed by atoms with Gasteiger partial charge in [0.2, 0.25) is 5.95 Å². The molecule has 15 heavy (non-hydrogen) atoms. The van der Waals surface area contributed by atoms with E-state index in [1.54, 1.807) is 6.92 Å². The Bertz CT molecular complexity index is 344. The largest absolute Gasteiger partial charge is 0.396 e. The summed E-state index contributed by atoms with van der Waals surface area (Å²) in [4.78, 5) is 14.9. The number of aliphatic hydroxyl groups is 1. The van der Waals surface area contributed by atoms with E-state index in [0.29, 0.717) is 6.42 Å². The summed E-state index contributed by atoms with van der Waals surface area (Å²) in [5, 5.41) is 11.2. The van der Waals surface area contributed by atoms with Gasteiger partial charge in [0.1, 0.15) is 5.69 Å². The van der Waals surface area contributed by atoms with Crippen LogP contribution in [-0.2, 0) is 0 Å². The highest BCUT2D eigenvalue weighted by Gasteiger charge is 2.10. The Balaban J connectivity index is 2.61. The molecule has 0 radical (unpaired) electrons. The topological polar surface area (TPSA) is 62.2 Å². The summed E-state index contributed by atoms with van der Waals surface area (Å²) in [6, 6.07) is 3.87. The fourth-order valence-corrected chi connectivity index (χ4v) is 1.10. The van der Waals surface area contributed by atoms with E-state index in [-0.39, 0.29) is 18.3 Å².